The van der Waals surface area contributed by atoms with Crippen molar-refractivity contribution in [3.05, 3.63) is 106 Å². The van der Waals surface area contributed by atoms with Crippen LogP contribution in [0.3, 0.4) is 0 Å². The molecule has 1 N–H and O–H groups in total. The van der Waals surface area contributed by atoms with E-state index in [1.807, 2.05) is 54.6 Å². The number of nitrogens with one attached hydrogen (secondary N) is 1. The Morgan fingerprint density at radius 1 is 0.941 bits per heavy atom. The second kappa shape index (κ2) is 10.6. The minimum absolute atomic E-state index is 0.153. The zero-order valence-corrected chi connectivity index (χ0v) is 19.3. The van der Waals surface area contributed by atoms with E-state index in [1.54, 1.807) is 30.5 Å². The lowest BCUT2D eigenvalue weighted by molar-refractivity contribution is 0.0949. The summed E-state index contributed by atoms with van der Waals surface area (Å²) in [6, 6.07) is 24.5. The first-order valence-corrected chi connectivity index (χ1v) is 11.3. The molecule has 0 aliphatic carbocycles. The molecule has 1 amide bonds. The van der Waals surface area contributed by atoms with Gasteiger partial charge in [-0.2, -0.15) is 10.2 Å². The van der Waals surface area contributed by atoms with Crippen LogP contribution in [0, 0.1) is 0 Å². The van der Waals surface area contributed by atoms with Crippen molar-refractivity contribution in [2.75, 3.05) is 18.0 Å². The van der Waals surface area contributed by atoms with Gasteiger partial charge in [0.25, 0.3) is 11.5 Å². The fraction of sp³-hybridized carbons (Fsp3) is 0.185. The van der Waals surface area contributed by atoms with E-state index in [9.17, 15) is 9.59 Å². The van der Waals surface area contributed by atoms with Crippen LogP contribution in [0.2, 0.25) is 0 Å². The van der Waals surface area contributed by atoms with Crippen molar-refractivity contribution in [3.8, 4) is 0 Å². The molecule has 4 rings (SSSR count). The van der Waals surface area contributed by atoms with E-state index >= 15 is 0 Å². The number of fused-ring (bicyclic) bond motifs is 1. The monoisotopic (exact) mass is 453 g/mol. The van der Waals surface area contributed by atoms with Gasteiger partial charge in [-0.05, 0) is 43.2 Å². The first kappa shape index (κ1) is 22.9. The summed E-state index contributed by atoms with van der Waals surface area (Å²) in [6.45, 7) is 6.39. The first-order valence-electron chi connectivity index (χ1n) is 11.3. The highest BCUT2D eigenvalue weighted by atomic mass is 16.2. The summed E-state index contributed by atoms with van der Waals surface area (Å²) in [4.78, 5) is 28.2. The molecule has 0 atom stereocenters. The third-order valence-corrected chi connectivity index (χ3v) is 5.66. The maximum Gasteiger partial charge on any atom is 0.292 e. The van der Waals surface area contributed by atoms with Gasteiger partial charge in [0.1, 0.15) is 0 Å². The van der Waals surface area contributed by atoms with Gasteiger partial charge in [0.15, 0.2) is 5.69 Å². The highest BCUT2D eigenvalue weighted by Crippen LogP contribution is 2.15. The lowest BCUT2D eigenvalue weighted by atomic mass is 10.1. The number of hydrogen-bond donors (Lipinski definition) is 1. The highest BCUT2D eigenvalue weighted by Gasteiger charge is 2.16. The third kappa shape index (κ3) is 5.04. The maximum atomic E-state index is 13.0. The Labute approximate surface area is 198 Å². The van der Waals surface area contributed by atoms with Crippen molar-refractivity contribution in [1.29, 1.82) is 0 Å². The van der Waals surface area contributed by atoms with E-state index in [-0.39, 0.29) is 17.8 Å². The Balaban J connectivity index is 1.57. The molecule has 0 spiro atoms. The molecule has 1 aromatic heterocycles. The Hall–Kier alpha value is -4.26. The molecule has 7 nitrogen and oxygen atoms in total. The van der Waals surface area contributed by atoms with Crippen molar-refractivity contribution in [3.63, 3.8) is 0 Å². The summed E-state index contributed by atoms with van der Waals surface area (Å²) < 4.78 is 1.32. The molecule has 0 saturated carbocycles. The van der Waals surface area contributed by atoms with Crippen LogP contribution in [0.15, 0.2) is 88.8 Å². The molecule has 7 heteroatoms. The smallest absolute Gasteiger partial charge is 0.292 e. The average molecular weight is 454 g/mol. The molecule has 4 aromatic rings. The van der Waals surface area contributed by atoms with E-state index in [2.05, 4.69) is 34.4 Å². The van der Waals surface area contributed by atoms with Gasteiger partial charge in [0.2, 0.25) is 0 Å². The minimum Gasteiger partial charge on any atom is -0.372 e. The highest BCUT2D eigenvalue weighted by molar-refractivity contribution is 6.05. The molecule has 0 saturated heterocycles. The number of hydrazone groups is 1. The number of nitrogens with zero attached hydrogens (tertiary/aromatic N) is 4. The van der Waals surface area contributed by atoms with Crippen molar-refractivity contribution < 1.29 is 4.79 Å². The van der Waals surface area contributed by atoms with Crippen LogP contribution in [0.4, 0.5) is 5.69 Å². The second-order valence-electron chi connectivity index (χ2n) is 7.81. The predicted octanol–water partition coefficient (Wildman–Crippen LogP) is 4.05. The molecule has 0 radical (unpaired) electrons. The molecule has 0 unspecified atom stereocenters. The van der Waals surface area contributed by atoms with Gasteiger partial charge in [-0.25, -0.2) is 10.1 Å². The van der Waals surface area contributed by atoms with Gasteiger partial charge in [-0.15, -0.1) is 0 Å². The largest absolute Gasteiger partial charge is 0.372 e. The number of amides is 1. The molecular weight excluding hydrogens is 426 g/mol. The van der Waals surface area contributed by atoms with E-state index in [4.69, 9.17) is 0 Å². The van der Waals surface area contributed by atoms with Crippen LogP contribution >= 0.6 is 0 Å². The van der Waals surface area contributed by atoms with E-state index in [1.165, 1.54) is 4.68 Å². The van der Waals surface area contributed by atoms with Gasteiger partial charge in [-0.1, -0.05) is 60.7 Å². The normalized spacial score (nSPS) is 11.1. The lowest BCUT2D eigenvalue weighted by Crippen LogP contribution is -2.29. The van der Waals surface area contributed by atoms with E-state index in [0.717, 1.165) is 29.9 Å². The standard InChI is InChI=1S/C27H27N5O2/c1-3-31(4-2)22-16-14-20(15-17-22)18-28-29-26(33)25-23-12-8-9-13-24(23)27(34)32(30-25)19-21-10-6-5-7-11-21/h5-18H,3-4,19H2,1-2H3,(H,29,33)/b28-18+. The zero-order valence-electron chi connectivity index (χ0n) is 19.3. The van der Waals surface area contributed by atoms with E-state index < -0.39 is 5.91 Å². The maximum absolute atomic E-state index is 13.0. The fourth-order valence-electron chi connectivity index (χ4n) is 3.84. The summed E-state index contributed by atoms with van der Waals surface area (Å²) in [6.07, 6.45) is 1.59. The van der Waals surface area contributed by atoms with E-state index in [0.29, 0.717) is 10.8 Å². The topological polar surface area (TPSA) is 79.6 Å². The Kier molecular flexibility index (Phi) is 7.13. The lowest BCUT2D eigenvalue weighted by Gasteiger charge is -2.20. The zero-order chi connectivity index (χ0) is 23.9. The van der Waals surface area contributed by atoms with Crippen LogP contribution in [-0.2, 0) is 6.54 Å². The molecular formula is C27H27N5O2. The number of carbonyl (C=O) groups is 1. The number of aromatic nitrogens is 2. The Morgan fingerprint density at radius 3 is 2.26 bits per heavy atom. The summed E-state index contributed by atoms with van der Waals surface area (Å²) >= 11 is 0. The summed E-state index contributed by atoms with van der Waals surface area (Å²) in [7, 11) is 0. The van der Waals surface area contributed by atoms with Crippen molar-refractivity contribution >= 4 is 28.6 Å². The molecule has 0 aliphatic heterocycles. The molecule has 0 aliphatic rings. The number of anilines is 1. The third-order valence-electron chi connectivity index (χ3n) is 5.66. The molecule has 34 heavy (non-hydrogen) atoms. The Bertz CT molecular complexity index is 1360. The molecule has 1 heterocycles. The number of benzene rings is 3. The first-order chi connectivity index (χ1) is 16.6. The fourth-order valence-corrected chi connectivity index (χ4v) is 3.84. The van der Waals surface area contributed by atoms with Gasteiger partial charge >= 0.3 is 0 Å². The van der Waals surface area contributed by atoms with Crippen LogP contribution in [0.25, 0.3) is 10.8 Å². The Morgan fingerprint density at radius 2 is 1.59 bits per heavy atom. The molecule has 172 valence electrons. The molecule has 3 aromatic carbocycles. The minimum atomic E-state index is -0.478. The predicted molar refractivity (Wildman–Crippen MR) is 137 cm³/mol. The molecule has 0 bridgehead atoms. The quantitative estimate of drug-likeness (QED) is 0.322. The summed E-state index contributed by atoms with van der Waals surface area (Å²) in [5, 5.41) is 9.43. The van der Waals surface area contributed by atoms with Crippen molar-refractivity contribution in [2.24, 2.45) is 5.10 Å². The van der Waals surface area contributed by atoms with Crippen LogP contribution in [0.1, 0.15) is 35.5 Å². The van der Waals surface area contributed by atoms with Crippen molar-refractivity contribution in [1.82, 2.24) is 15.2 Å². The SMILES string of the molecule is CCN(CC)c1ccc(/C=N/NC(=O)c2nn(Cc3ccccc3)c(=O)c3ccccc23)cc1. The second-order valence-corrected chi connectivity index (χ2v) is 7.81. The number of hydrogen-bond acceptors (Lipinski definition) is 5. The van der Waals surface area contributed by atoms with Gasteiger partial charge < -0.3 is 4.90 Å². The van der Waals surface area contributed by atoms with Crippen LogP contribution in [-0.4, -0.2) is 35.0 Å². The summed E-state index contributed by atoms with van der Waals surface area (Å²) in [5.74, 6) is -0.478. The van der Waals surface area contributed by atoms with Crippen molar-refractivity contribution in [2.45, 2.75) is 20.4 Å². The van der Waals surface area contributed by atoms with Gasteiger partial charge in [-0.3, -0.25) is 9.59 Å². The average Bonchev–Trinajstić information content (AvgIpc) is 2.88. The van der Waals surface area contributed by atoms with Gasteiger partial charge in [0, 0.05) is 24.2 Å². The number of rotatable bonds is 8. The molecule has 0 fully saturated rings. The summed E-state index contributed by atoms with van der Waals surface area (Å²) in [5.41, 5.74) is 5.39. The van der Waals surface area contributed by atoms with Crippen LogP contribution in [0.5, 0.6) is 0 Å². The van der Waals surface area contributed by atoms with Crippen LogP contribution < -0.4 is 15.9 Å². The van der Waals surface area contributed by atoms with Gasteiger partial charge in [0.05, 0.1) is 18.1 Å². The number of carbonyl (C=O) groups excluding carboxylic acids is 1.